The number of hydrogen-bond acceptors (Lipinski definition) is 2. The maximum absolute atomic E-state index is 12.1. The Morgan fingerprint density at radius 2 is 1.88 bits per heavy atom. The Morgan fingerprint density at radius 3 is 2.50 bits per heavy atom. The first-order valence-corrected chi connectivity index (χ1v) is 9.08. The van der Waals surface area contributed by atoms with Gasteiger partial charge in [0.1, 0.15) is 0 Å². The summed E-state index contributed by atoms with van der Waals surface area (Å²) >= 11 is 0. The molecule has 4 heteroatoms. The Hall–Kier alpha value is -1.55. The Bertz CT molecular complexity index is 546. The number of aryl methyl sites for hydroxylation is 1. The lowest BCUT2D eigenvalue weighted by atomic mass is 9.88. The minimum Gasteiger partial charge on any atom is -0.336 e. The fourth-order valence-electron chi connectivity index (χ4n) is 3.63. The van der Waals surface area contributed by atoms with Gasteiger partial charge < -0.3 is 10.6 Å². The monoisotopic (exact) mass is 331 g/mol. The van der Waals surface area contributed by atoms with Crippen molar-refractivity contribution in [3.63, 3.8) is 0 Å². The number of piperidine rings is 1. The van der Waals surface area contributed by atoms with E-state index in [9.17, 15) is 4.79 Å². The van der Waals surface area contributed by atoms with Gasteiger partial charge in [-0.15, -0.1) is 0 Å². The normalized spacial score (nSPS) is 22.2. The van der Waals surface area contributed by atoms with Crippen molar-refractivity contribution in [3.05, 3.63) is 35.4 Å². The first-order chi connectivity index (χ1) is 11.3. The van der Waals surface area contributed by atoms with E-state index in [-0.39, 0.29) is 11.6 Å². The van der Waals surface area contributed by atoms with Gasteiger partial charge in [-0.3, -0.25) is 4.90 Å². The average Bonchev–Trinajstić information content (AvgIpc) is 2.50. The molecule has 0 bridgehead atoms. The Labute approximate surface area is 147 Å². The standard InChI is InChI=1S/C20H33N3O/c1-15-7-6-8-18(10-15)11-21-19(24)22-14-20(4,5)23-12-16(2)9-17(3)13-23/h6-8,10,16-17H,9,11-14H2,1-5H3,(H2,21,22,24). The topological polar surface area (TPSA) is 44.4 Å². The van der Waals surface area contributed by atoms with Crippen molar-refractivity contribution in [2.75, 3.05) is 19.6 Å². The molecule has 4 nitrogen and oxygen atoms in total. The first kappa shape index (κ1) is 18.8. The summed E-state index contributed by atoms with van der Waals surface area (Å²) in [5, 5.41) is 5.99. The third-order valence-corrected chi connectivity index (χ3v) is 4.94. The quantitative estimate of drug-likeness (QED) is 0.866. The van der Waals surface area contributed by atoms with Gasteiger partial charge in [-0.1, -0.05) is 43.7 Å². The predicted molar refractivity (Wildman–Crippen MR) is 100 cm³/mol. The number of urea groups is 1. The van der Waals surface area contributed by atoms with E-state index in [1.54, 1.807) is 0 Å². The summed E-state index contributed by atoms with van der Waals surface area (Å²) in [6.07, 6.45) is 1.30. The number of likely N-dealkylation sites (tertiary alicyclic amines) is 1. The Kier molecular flexibility index (Phi) is 6.27. The second kappa shape index (κ2) is 8.02. The zero-order valence-corrected chi connectivity index (χ0v) is 15.9. The molecule has 2 unspecified atom stereocenters. The summed E-state index contributed by atoms with van der Waals surface area (Å²) in [5.74, 6) is 1.45. The van der Waals surface area contributed by atoms with Crippen LogP contribution in [0, 0.1) is 18.8 Å². The Morgan fingerprint density at radius 1 is 1.21 bits per heavy atom. The van der Waals surface area contributed by atoms with Crippen LogP contribution in [-0.2, 0) is 6.54 Å². The van der Waals surface area contributed by atoms with E-state index in [4.69, 9.17) is 0 Å². The minimum absolute atomic E-state index is 0.0242. The Balaban J connectivity index is 1.79. The molecule has 1 saturated heterocycles. The highest BCUT2D eigenvalue weighted by Crippen LogP contribution is 2.26. The molecular weight excluding hydrogens is 298 g/mol. The van der Waals surface area contributed by atoms with E-state index < -0.39 is 0 Å². The summed E-state index contributed by atoms with van der Waals surface area (Å²) in [7, 11) is 0. The number of carbonyl (C=O) groups is 1. The van der Waals surface area contributed by atoms with Gasteiger partial charge in [-0.2, -0.15) is 0 Å². The molecule has 24 heavy (non-hydrogen) atoms. The molecule has 1 heterocycles. The van der Waals surface area contributed by atoms with Gasteiger partial charge in [0.25, 0.3) is 0 Å². The van der Waals surface area contributed by atoms with E-state index in [0.717, 1.165) is 30.5 Å². The average molecular weight is 332 g/mol. The van der Waals surface area contributed by atoms with E-state index in [2.05, 4.69) is 62.3 Å². The highest BCUT2D eigenvalue weighted by atomic mass is 16.2. The number of benzene rings is 1. The number of rotatable bonds is 5. The molecule has 0 saturated carbocycles. The van der Waals surface area contributed by atoms with Gasteiger partial charge in [-0.25, -0.2) is 4.79 Å². The molecule has 2 N–H and O–H groups in total. The third-order valence-electron chi connectivity index (χ3n) is 4.94. The minimum atomic E-state index is -0.0947. The molecular formula is C20H33N3O. The molecule has 0 aliphatic carbocycles. The summed E-state index contributed by atoms with van der Waals surface area (Å²) < 4.78 is 0. The fraction of sp³-hybridized carbons (Fsp3) is 0.650. The smallest absolute Gasteiger partial charge is 0.315 e. The molecule has 2 rings (SSSR count). The molecule has 1 aliphatic heterocycles. The van der Waals surface area contributed by atoms with Crippen molar-refractivity contribution in [1.29, 1.82) is 0 Å². The number of amides is 2. The highest BCUT2D eigenvalue weighted by Gasteiger charge is 2.32. The maximum atomic E-state index is 12.1. The van der Waals surface area contributed by atoms with Crippen LogP contribution in [0.15, 0.2) is 24.3 Å². The summed E-state index contributed by atoms with van der Waals surface area (Å²) in [5.41, 5.74) is 2.32. The van der Waals surface area contributed by atoms with Crippen LogP contribution in [0.4, 0.5) is 4.79 Å². The summed E-state index contributed by atoms with van der Waals surface area (Å²) in [6.45, 7) is 14.6. The molecule has 1 aromatic carbocycles. The molecule has 1 aromatic rings. The lowest BCUT2D eigenvalue weighted by Crippen LogP contribution is -2.56. The molecule has 1 fully saturated rings. The van der Waals surface area contributed by atoms with Crippen molar-refractivity contribution in [2.45, 2.75) is 53.1 Å². The van der Waals surface area contributed by atoms with Gasteiger partial charge in [0.05, 0.1) is 0 Å². The molecule has 134 valence electrons. The highest BCUT2D eigenvalue weighted by molar-refractivity contribution is 5.73. The van der Waals surface area contributed by atoms with Crippen molar-refractivity contribution < 1.29 is 4.79 Å². The summed E-state index contributed by atoms with van der Waals surface area (Å²) in [6, 6.07) is 8.12. The van der Waals surface area contributed by atoms with Crippen LogP contribution < -0.4 is 10.6 Å². The van der Waals surface area contributed by atoms with Crippen molar-refractivity contribution in [2.24, 2.45) is 11.8 Å². The van der Waals surface area contributed by atoms with Gasteiger partial charge >= 0.3 is 6.03 Å². The number of carbonyl (C=O) groups excluding carboxylic acids is 1. The molecule has 2 amide bonds. The van der Waals surface area contributed by atoms with Gasteiger partial charge in [-0.05, 0) is 44.6 Å². The zero-order valence-electron chi connectivity index (χ0n) is 15.9. The predicted octanol–water partition coefficient (Wildman–Crippen LogP) is 3.55. The van der Waals surface area contributed by atoms with E-state index >= 15 is 0 Å². The number of hydrogen-bond donors (Lipinski definition) is 2. The molecule has 0 spiro atoms. The van der Waals surface area contributed by atoms with Gasteiger partial charge in [0.15, 0.2) is 0 Å². The van der Waals surface area contributed by atoms with E-state index in [1.807, 2.05) is 12.1 Å². The number of nitrogens with one attached hydrogen (secondary N) is 2. The van der Waals surface area contributed by atoms with Crippen LogP contribution in [0.5, 0.6) is 0 Å². The molecule has 2 atom stereocenters. The second-order valence-electron chi connectivity index (χ2n) is 8.19. The van der Waals surface area contributed by atoms with Crippen LogP contribution >= 0.6 is 0 Å². The second-order valence-corrected chi connectivity index (χ2v) is 8.19. The third kappa shape index (κ3) is 5.52. The summed E-state index contributed by atoms with van der Waals surface area (Å²) in [4.78, 5) is 14.6. The SMILES string of the molecule is Cc1cccc(CNC(=O)NCC(C)(C)N2CC(C)CC(C)C2)c1. The van der Waals surface area contributed by atoms with Crippen molar-refractivity contribution >= 4 is 6.03 Å². The molecule has 1 aliphatic rings. The first-order valence-electron chi connectivity index (χ1n) is 9.08. The van der Waals surface area contributed by atoms with Crippen LogP contribution in [-0.4, -0.2) is 36.1 Å². The van der Waals surface area contributed by atoms with Gasteiger partial charge in [0, 0.05) is 31.7 Å². The fourth-order valence-corrected chi connectivity index (χ4v) is 3.63. The van der Waals surface area contributed by atoms with Crippen LogP contribution in [0.25, 0.3) is 0 Å². The van der Waals surface area contributed by atoms with Crippen molar-refractivity contribution in [3.8, 4) is 0 Å². The molecule has 0 aromatic heterocycles. The van der Waals surface area contributed by atoms with Gasteiger partial charge in [0.2, 0.25) is 0 Å². The van der Waals surface area contributed by atoms with Crippen LogP contribution in [0.3, 0.4) is 0 Å². The van der Waals surface area contributed by atoms with Crippen LogP contribution in [0.1, 0.15) is 45.2 Å². The largest absolute Gasteiger partial charge is 0.336 e. The lowest BCUT2D eigenvalue weighted by Gasteiger charge is -2.45. The van der Waals surface area contributed by atoms with Crippen molar-refractivity contribution in [1.82, 2.24) is 15.5 Å². The number of nitrogens with zero attached hydrogens (tertiary/aromatic N) is 1. The van der Waals surface area contributed by atoms with Crippen LogP contribution in [0.2, 0.25) is 0 Å². The van der Waals surface area contributed by atoms with E-state index in [0.29, 0.717) is 13.1 Å². The maximum Gasteiger partial charge on any atom is 0.315 e. The van der Waals surface area contributed by atoms with E-state index in [1.165, 1.54) is 12.0 Å². The lowest BCUT2D eigenvalue weighted by molar-refractivity contribution is 0.0472. The zero-order chi connectivity index (χ0) is 17.7. The molecule has 0 radical (unpaired) electrons.